The van der Waals surface area contributed by atoms with Crippen molar-refractivity contribution in [3.8, 4) is 27.7 Å². The highest BCUT2D eigenvalue weighted by molar-refractivity contribution is 7.09. The van der Waals surface area contributed by atoms with Gasteiger partial charge < -0.3 is 20.7 Å². The molecule has 0 saturated heterocycles. The van der Waals surface area contributed by atoms with Crippen LogP contribution in [0.2, 0.25) is 0 Å². The number of hydrogen-bond acceptors (Lipinski definition) is 8. The van der Waals surface area contributed by atoms with Gasteiger partial charge in [0.25, 0.3) is 0 Å². The first kappa shape index (κ1) is 22.7. The maximum Gasteiger partial charge on any atom is 0.173 e. The molecule has 0 unspecified atom stereocenters. The molecule has 1 atom stereocenters. The number of nitrogen functional groups attached to an aromatic ring is 1. The summed E-state index contributed by atoms with van der Waals surface area (Å²) in [5.74, 6) is 1.40. The Bertz CT molecular complexity index is 1060. The van der Waals surface area contributed by atoms with Gasteiger partial charge in [-0.05, 0) is 67.5 Å². The van der Waals surface area contributed by atoms with Gasteiger partial charge in [-0.25, -0.2) is 4.98 Å². The Hall–Kier alpha value is -2.52. The molecule has 0 amide bonds. The number of nitrogens with zero attached hydrogens (tertiary/aromatic N) is 3. The third-order valence-corrected chi connectivity index (χ3v) is 6.50. The molecule has 0 fully saturated rings. The van der Waals surface area contributed by atoms with Gasteiger partial charge in [0.15, 0.2) is 5.82 Å². The van der Waals surface area contributed by atoms with Crippen molar-refractivity contribution in [2.24, 2.45) is 0 Å². The van der Waals surface area contributed by atoms with Gasteiger partial charge in [0.1, 0.15) is 10.8 Å². The van der Waals surface area contributed by atoms with Crippen molar-refractivity contribution in [3.63, 3.8) is 0 Å². The van der Waals surface area contributed by atoms with Gasteiger partial charge >= 0.3 is 0 Å². The largest absolute Gasteiger partial charge is 0.489 e. The van der Waals surface area contributed by atoms with Crippen LogP contribution in [0.25, 0.3) is 22.0 Å². The van der Waals surface area contributed by atoms with Gasteiger partial charge in [0, 0.05) is 30.3 Å². The molecule has 170 valence electrons. The van der Waals surface area contributed by atoms with Crippen LogP contribution >= 0.6 is 11.5 Å². The Morgan fingerprint density at radius 1 is 1.19 bits per heavy atom. The highest BCUT2D eigenvalue weighted by Crippen LogP contribution is 2.41. The monoisotopic (exact) mass is 454 g/mol. The van der Waals surface area contributed by atoms with Crippen LogP contribution in [0.15, 0.2) is 36.4 Å². The molecule has 0 aliphatic heterocycles. The van der Waals surface area contributed by atoms with Gasteiger partial charge in [-0.3, -0.25) is 4.90 Å². The van der Waals surface area contributed by atoms with E-state index in [1.807, 2.05) is 38.1 Å². The van der Waals surface area contributed by atoms with Crippen molar-refractivity contribution in [1.82, 2.24) is 14.3 Å². The molecule has 3 aromatic rings. The highest BCUT2D eigenvalue weighted by atomic mass is 32.1. The third kappa shape index (κ3) is 4.63. The van der Waals surface area contributed by atoms with Crippen LogP contribution in [-0.2, 0) is 6.42 Å². The molecular weight excluding hydrogens is 424 g/mol. The Morgan fingerprint density at radius 3 is 2.66 bits per heavy atom. The van der Waals surface area contributed by atoms with Crippen LogP contribution in [0.3, 0.4) is 0 Å². The fourth-order valence-corrected chi connectivity index (χ4v) is 5.07. The number of anilines is 1. The first-order valence-corrected chi connectivity index (χ1v) is 11.8. The molecule has 32 heavy (non-hydrogen) atoms. The number of aromatic nitrogens is 2. The van der Waals surface area contributed by atoms with E-state index >= 15 is 0 Å². The highest BCUT2D eigenvalue weighted by Gasteiger charge is 2.30. The summed E-state index contributed by atoms with van der Waals surface area (Å²) in [6, 6.07) is 12.2. The van der Waals surface area contributed by atoms with Gasteiger partial charge in [0.05, 0.1) is 25.0 Å². The van der Waals surface area contributed by atoms with Crippen molar-refractivity contribution < 1.29 is 14.9 Å². The van der Waals surface area contributed by atoms with Crippen LogP contribution in [0.1, 0.15) is 37.4 Å². The summed E-state index contributed by atoms with van der Waals surface area (Å²) in [6.07, 6.45) is 1.94. The number of benzene rings is 2. The Balaban J connectivity index is 1.61. The summed E-state index contributed by atoms with van der Waals surface area (Å²) in [7, 11) is 0. The minimum Gasteiger partial charge on any atom is -0.489 e. The lowest BCUT2D eigenvalue weighted by Gasteiger charge is -2.28. The van der Waals surface area contributed by atoms with Gasteiger partial charge in [-0.2, -0.15) is 4.37 Å². The van der Waals surface area contributed by atoms with Crippen molar-refractivity contribution in [1.29, 1.82) is 0 Å². The molecule has 2 aromatic carbocycles. The molecular formula is C24H30N4O3S. The molecule has 1 aromatic heterocycles. The van der Waals surface area contributed by atoms with Crippen LogP contribution < -0.4 is 10.5 Å². The Labute approximate surface area is 192 Å². The molecule has 7 nitrogen and oxygen atoms in total. The van der Waals surface area contributed by atoms with Crippen molar-refractivity contribution in [2.75, 3.05) is 32.0 Å². The van der Waals surface area contributed by atoms with Crippen LogP contribution in [0.5, 0.6) is 5.75 Å². The predicted octanol–water partition coefficient (Wildman–Crippen LogP) is 3.52. The summed E-state index contributed by atoms with van der Waals surface area (Å²) in [5, 5.41) is 19.7. The van der Waals surface area contributed by atoms with Crippen LogP contribution in [0, 0.1) is 0 Å². The number of aliphatic hydroxyl groups is 2. The Morgan fingerprint density at radius 2 is 1.97 bits per heavy atom. The molecule has 0 saturated carbocycles. The summed E-state index contributed by atoms with van der Waals surface area (Å²) in [6.45, 7) is 5.19. The number of ether oxygens (including phenoxy) is 1. The molecule has 4 N–H and O–H groups in total. The van der Waals surface area contributed by atoms with E-state index in [0.29, 0.717) is 24.5 Å². The lowest BCUT2D eigenvalue weighted by atomic mass is 10.0. The maximum absolute atomic E-state index is 9.44. The number of rotatable bonds is 9. The average Bonchev–Trinajstić information content (AvgIpc) is 3.42. The first-order chi connectivity index (χ1) is 15.5. The van der Waals surface area contributed by atoms with Gasteiger partial charge in [0.2, 0.25) is 0 Å². The van der Waals surface area contributed by atoms with E-state index in [4.69, 9.17) is 15.5 Å². The quantitative estimate of drug-likeness (QED) is 0.425. The number of fused-ring (bicyclic) bond motifs is 1. The van der Waals surface area contributed by atoms with E-state index < -0.39 is 0 Å². The van der Waals surface area contributed by atoms with Crippen molar-refractivity contribution >= 4 is 17.2 Å². The fourth-order valence-electron chi connectivity index (χ4n) is 4.39. The zero-order valence-corrected chi connectivity index (χ0v) is 19.3. The maximum atomic E-state index is 9.44. The molecule has 4 rings (SSSR count). The van der Waals surface area contributed by atoms with Crippen molar-refractivity contribution in [2.45, 2.75) is 38.8 Å². The average molecular weight is 455 g/mol. The minimum atomic E-state index is 0.0611. The second-order valence-corrected chi connectivity index (χ2v) is 9.01. The molecule has 1 heterocycles. The second kappa shape index (κ2) is 9.95. The number of aliphatic hydroxyl groups excluding tert-OH is 2. The molecule has 0 bridgehead atoms. The third-order valence-electron chi connectivity index (χ3n) is 5.74. The topological polar surface area (TPSA) is 105 Å². The van der Waals surface area contributed by atoms with Gasteiger partial charge in [-0.1, -0.05) is 18.2 Å². The molecule has 1 aliphatic rings. The normalized spacial score (nSPS) is 15.5. The van der Waals surface area contributed by atoms with Crippen molar-refractivity contribution in [3.05, 3.63) is 47.5 Å². The summed E-state index contributed by atoms with van der Waals surface area (Å²) in [4.78, 5) is 6.97. The van der Waals surface area contributed by atoms with Crippen LogP contribution in [0.4, 0.5) is 5.69 Å². The first-order valence-electron chi connectivity index (χ1n) is 11.0. The van der Waals surface area contributed by atoms with E-state index in [1.165, 1.54) is 22.7 Å². The number of hydrogen-bond donors (Lipinski definition) is 3. The number of nitrogens with two attached hydrogens (primary N) is 1. The zero-order chi connectivity index (χ0) is 22.7. The standard InChI is InChI=1S/C24H30N4O3S/c1-15(2)31-22-9-6-16(14-20(22)25)24-26-23(27-32-24)19-5-3-4-18-17(19)7-8-21(18)28(10-12-29)11-13-30/h3-6,9,14-15,21,29-30H,7-8,10-13,25H2,1-2H3/t21-/m0/s1. The van der Waals surface area contributed by atoms with Crippen LogP contribution in [-0.4, -0.2) is 56.9 Å². The molecule has 0 spiro atoms. The lowest BCUT2D eigenvalue weighted by Crippen LogP contribution is -2.32. The van der Waals surface area contributed by atoms with E-state index in [-0.39, 0.29) is 25.4 Å². The lowest BCUT2D eigenvalue weighted by molar-refractivity contribution is 0.121. The SMILES string of the molecule is CC(C)Oc1ccc(-c2nc(-c3cccc4c3CC[C@@H]4N(CCO)CCO)ns2)cc1N. The molecule has 0 radical (unpaired) electrons. The summed E-state index contributed by atoms with van der Waals surface area (Å²) in [5.41, 5.74) is 11.2. The second-order valence-electron chi connectivity index (χ2n) is 8.25. The fraction of sp³-hybridized carbons (Fsp3) is 0.417. The Kier molecular flexibility index (Phi) is 7.05. The smallest absolute Gasteiger partial charge is 0.173 e. The van der Waals surface area contributed by atoms with E-state index in [9.17, 15) is 10.2 Å². The summed E-state index contributed by atoms with van der Waals surface area (Å²) >= 11 is 1.36. The molecule has 8 heteroatoms. The molecule has 1 aliphatic carbocycles. The van der Waals surface area contributed by atoms with E-state index in [2.05, 4.69) is 21.4 Å². The summed E-state index contributed by atoms with van der Waals surface area (Å²) < 4.78 is 10.4. The minimum absolute atomic E-state index is 0.0611. The van der Waals surface area contributed by atoms with E-state index in [0.717, 1.165) is 34.8 Å². The van der Waals surface area contributed by atoms with E-state index in [1.54, 1.807) is 0 Å². The predicted molar refractivity (Wildman–Crippen MR) is 128 cm³/mol. The zero-order valence-electron chi connectivity index (χ0n) is 18.5. The van der Waals surface area contributed by atoms with Gasteiger partial charge in [-0.15, -0.1) is 0 Å².